The van der Waals surface area contributed by atoms with E-state index in [0.29, 0.717) is 65.8 Å². The lowest BCUT2D eigenvalue weighted by Gasteiger charge is -2.28. The van der Waals surface area contributed by atoms with Gasteiger partial charge in [-0.3, -0.25) is 4.79 Å². The molecule has 0 aromatic carbocycles. The number of hydrogen-bond acceptors (Lipinski definition) is 6. The Kier molecular flexibility index (Phi) is 13.9. The number of nitrogens with two attached hydrogens (primary N) is 1. The minimum Gasteiger partial charge on any atom is -0.380 e. The van der Waals surface area contributed by atoms with E-state index in [1.54, 1.807) is 0 Å². The maximum atomic E-state index is 12.1. The molecular weight excluding hydrogens is 348 g/mol. The van der Waals surface area contributed by atoms with Crippen LogP contribution in [0.1, 0.15) is 48.0 Å². The highest BCUT2D eigenvalue weighted by molar-refractivity contribution is 5.76. The van der Waals surface area contributed by atoms with Gasteiger partial charge in [-0.2, -0.15) is 0 Å². The Morgan fingerprint density at radius 1 is 0.889 bits per heavy atom. The number of amides is 1. The van der Waals surface area contributed by atoms with E-state index in [1.165, 1.54) is 0 Å². The van der Waals surface area contributed by atoms with Crippen molar-refractivity contribution in [2.24, 2.45) is 16.6 Å². The normalized spacial score (nSPS) is 12.6. The Bertz CT molecular complexity index is 387. The largest absolute Gasteiger partial charge is 0.380 e. The number of carbonyl (C=O) groups is 1. The Morgan fingerprint density at radius 3 is 2.04 bits per heavy atom. The van der Waals surface area contributed by atoms with Crippen LogP contribution in [0.15, 0.2) is 0 Å². The minimum absolute atomic E-state index is 0.00682. The molecule has 27 heavy (non-hydrogen) atoms. The summed E-state index contributed by atoms with van der Waals surface area (Å²) in [5, 5.41) is 2.88. The van der Waals surface area contributed by atoms with Crippen LogP contribution in [-0.4, -0.2) is 71.3 Å². The van der Waals surface area contributed by atoms with E-state index < -0.39 is 0 Å². The second-order valence-corrected chi connectivity index (χ2v) is 8.70. The lowest BCUT2D eigenvalue weighted by Crippen LogP contribution is -2.35. The molecule has 0 aromatic rings. The molecule has 0 unspecified atom stereocenters. The Morgan fingerprint density at radius 2 is 1.44 bits per heavy atom. The van der Waals surface area contributed by atoms with Crippen molar-refractivity contribution in [2.45, 2.75) is 54.1 Å². The quantitative estimate of drug-likeness (QED) is 0.369. The van der Waals surface area contributed by atoms with Crippen LogP contribution in [0.25, 0.3) is 0 Å². The highest BCUT2D eigenvalue weighted by Gasteiger charge is 2.24. The smallest absolute Gasteiger partial charge is 0.220 e. The number of nitrogens with one attached hydrogen (secondary N) is 1. The monoisotopic (exact) mass is 390 g/mol. The van der Waals surface area contributed by atoms with Crippen LogP contribution in [0.5, 0.6) is 0 Å². The summed E-state index contributed by atoms with van der Waals surface area (Å²) in [6.45, 7) is 17.0. The molecule has 0 saturated heterocycles. The third-order valence-electron chi connectivity index (χ3n) is 3.80. The molecular formula is C20H42N2O5. The fraction of sp³-hybridized carbons (Fsp3) is 0.950. The molecule has 0 atom stereocenters. The first-order valence-corrected chi connectivity index (χ1v) is 9.89. The van der Waals surface area contributed by atoms with Gasteiger partial charge >= 0.3 is 0 Å². The zero-order valence-electron chi connectivity index (χ0n) is 18.3. The highest BCUT2D eigenvalue weighted by Crippen LogP contribution is 2.22. The first kappa shape index (κ1) is 26.3. The molecule has 0 spiro atoms. The average Bonchev–Trinajstić information content (AvgIpc) is 2.55. The third-order valence-corrected chi connectivity index (χ3v) is 3.80. The van der Waals surface area contributed by atoms with E-state index >= 15 is 0 Å². The van der Waals surface area contributed by atoms with Gasteiger partial charge in [-0.05, 0) is 25.8 Å². The van der Waals surface area contributed by atoms with Crippen LogP contribution in [-0.2, 0) is 23.7 Å². The molecule has 0 aliphatic heterocycles. The maximum absolute atomic E-state index is 12.1. The summed E-state index contributed by atoms with van der Waals surface area (Å²) in [5.41, 5.74) is 5.44. The molecule has 7 heteroatoms. The van der Waals surface area contributed by atoms with E-state index in [9.17, 15) is 4.79 Å². The van der Waals surface area contributed by atoms with Crippen LogP contribution in [0.3, 0.4) is 0 Å². The fourth-order valence-corrected chi connectivity index (χ4v) is 2.14. The Hall–Kier alpha value is -0.730. The zero-order chi connectivity index (χ0) is 20.8. The van der Waals surface area contributed by atoms with Gasteiger partial charge in [-0.1, -0.05) is 27.7 Å². The molecule has 0 bridgehead atoms. The van der Waals surface area contributed by atoms with Gasteiger partial charge in [0.05, 0.1) is 52.4 Å². The lowest BCUT2D eigenvalue weighted by molar-refractivity contribution is -0.124. The topological polar surface area (TPSA) is 92.0 Å². The summed E-state index contributed by atoms with van der Waals surface area (Å²) in [5.74, 6) is 0.00682. The van der Waals surface area contributed by atoms with Gasteiger partial charge in [0.15, 0.2) is 0 Å². The second kappa shape index (κ2) is 14.3. The highest BCUT2D eigenvalue weighted by atomic mass is 16.5. The van der Waals surface area contributed by atoms with Gasteiger partial charge in [-0.15, -0.1) is 0 Å². The first-order chi connectivity index (χ1) is 12.6. The van der Waals surface area contributed by atoms with Crippen molar-refractivity contribution in [2.75, 3.05) is 59.3 Å². The van der Waals surface area contributed by atoms with Gasteiger partial charge in [0.2, 0.25) is 5.91 Å². The van der Waals surface area contributed by atoms with Gasteiger partial charge in [0.25, 0.3) is 0 Å². The lowest BCUT2D eigenvalue weighted by atomic mass is 9.89. The summed E-state index contributed by atoms with van der Waals surface area (Å²) >= 11 is 0. The molecule has 162 valence electrons. The van der Waals surface area contributed by atoms with Crippen LogP contribution in [0.4, 0.5) is 0 Å². The Labute approximate surface area is 165 Å². The molecule has 3 N–H and O–H groups in total. The van der Waals surface area contributed by atoms with Crippen molar-refractivity contribution in [3.8, 4) is 0 Å². The molecule has 0 fully saturated rings. The molecule has 0 radical (unpaired) electrons. The molecule has 0 aliphatic carbocycles. The number of carbonyl (C=O) groups excluding carboxylic acids is 1. The summed E-state index contributed by atoms with van der Waals surface area (Å²) in [6, 6.07) is 0. The standard InChI is InChI=1S/C20H42N2O5/c1-17(2)27-12-11-25-10-9-24-8-7-22-18(23)13-19(3,4)15-26-16-20(5,6)14-21/h17H,7-16,21H2,1-6H3,(H,22,23). The van der Waals surface area contributed by atoms with Crippen LogP contribution in [0.2, 0.25) is 0 Å². The van der Waals surface area contributed by atoms with E-state index in [1.807, 2.05) is 27.7 Å². The van der Waals surface area contributed by atoms with Gasteiger partial charge in [0.1, 0.15) is 0 Å². The van der Waals surface area contributed by atoms with Crippen molar-refractivity contribution in [1.29, 1.82) is 0 Å². The summed E-state index contributed by atoms with van der Waals surface area (Å²) < 4.78 is 22.0. The SMILES string of the molecule is CC(C)OCCOCCOCCNC(=O)CC(C)(C)COCC(C)(C)CN. The van der Waals surface area contributed by atoms with Crippen molar-refractivity contribution in [3.63, 3.8) is 0 Å². The van der Waals surface area contributed by atoms with Crippen molar-refractivity contribution >= 4 is 5.91 Å². The molecule has 7 nitrogen and oxygen atoms in total. The molecule has 0 aromatic heterocycles. The zero-order valence-corrected chi connectivity index (χ0v) is 18.3. The summed E-state index contributed by atoms with van der Waals surface area (Å²) in [7, 11) is 0. The molecule has 0 saturated carbocycles. The van der Waals surface area contributed by atoms with E-state index in [4.69, 9.17) is 24.7 Å². The minimum atomic E-state index is -0.221. The maximum Gasteiger partial charge on any atom is 0.220 e. The first-order valence-electron chi connectivity index (χ1n) is 9.89. The van der Waals surface area contributed by atoms with Gasteiger partial charge in [0, 0.05) is 18.4 Å². The Balaban J connectivity index is 3.64. The predicted octanol–water partition coefficient (Wildman–Crippen LogP) is 1.98. The van der Waals surface area contributed by atoms with Gasteiger partial charge < -0.3 is 30.0 Å². The number of rotatable bonds is 17. The van der Waals surface area contributed by atoms with E-state index in [-0.39, 0.29) is 22.8 Å². The predicted molar refractivity (Wildman–Crippen MR) is 108 cm³/mol. The van der Waals surface area contributed by atoms with Crippen molar-refractivity contribution < 1.29 is 23.7 Å². The van der Waals surface area contributed by atoms with Gasteiger partial charge in [-0.25, -0.2) is 0 Å². The molecule has 0 heterocycles. The third kappa shape index (κ3) is 17.1. The van der Waals surface area contributed by atoms with E-state index in [2.05, 4.69) is 19.2 Å². The van der Waals surface area contributed by atoms with Crippen molar-refractivity contribution in [3.05, 3.63) is 0 Å². The molecule has 1 amide bonds. The van der Waals surface area contributed by atoms with Crippen LogP contribution < -0.4 is 11.1 Å². The average molecular weight is 391 g/mol. The summed E-state index contributed by atoms with van der Waals surface area (Å²) in [4.78, 5) is 12.1. The molecule has 0 rings (SSSR count). The van der Waals surface area contributed by atoms with Crippen molar-refractivity contribution in [1.82, 2.24) is 5.32 Å². The number of hydrogen-bond donors (Lipinski definition) is 2. The van der Waals surface area contributed by atoms with Crippen LogP contribution in [0, 0.1) is 10.8 Å². The van der Waals surface area contributed by atoms with E-state index in [0.717, 1.165) is 0 Å². The van der Waals surface area contributed by atoms with Crippen LogP contribution >= 0.6 is 0 Å². The molecule has 0 aliphatic rings. The fourth-order valence-electron chi connectivity index (χ4n) is 2.14. The number of ether oxygens (including phenoxy) is 4. The summed E-state index contributed by atoms with van der Waals surface area (Å²) in [6.07, 6.45) is 0.637. The second-order valence-electron chi connectivity index (χ2n) is 8.70.